The molecule has 0 radical (unpaired) electrons. The molecule has 3 aromatic carbocycles. The number of carbonyl (C=O) groups is 1. The zero-order valence-corrected chi connectivity index (χ0v) is 32.2. The zero-order valence-electron chi connectivity index (χ0n) is 31.5. The number of urea groups is 1. The SMILES string of the molecule is CN1CCC(Oc2cc(Cl)c(C(F)(F)F)cc2NC(=O)Nc2ccc(Oc3ccnc(-c4nnco4)c3)cc2)CC1.Nc1ccc(Oc2ccnc(-c3nnco3)c2)cc1. The average molecular weight is 843 g/mol. The Morgan fingerprint density at radius 3 is 1.85 bits per heavy atom. The van der Waals surface area contributed by atoms with Crippen LogP contribution in [0.4, 0.5) is 35.0 Å². The minimum Gasteiger partial charge on any atom is -0.488 e. The van der Waals surface area contributed by atoms with Crippen molar-refractivity contribution in [2.75, 3.05) is 36.5 Å². The molecule has 2 amide bonds. The second-order valence-electron chi connectivity index (χ2n) is 13.1. The van der Waals surface area contributed by atoms with Crippen LogP contribution in [0.1, 0.15) is 18.4 Å². The normalized spacial score (nSPS) is 13.2. The number of likely N-dealkylation sites (tertiary alicyclic amines) is 1. The van der Waals surface area contributed by atoms with Crippen LogP contribution in [0.15, 0.2) is 119 Å². The Balaban J connectivity index is 0.000000238. The van der Waals surface area contributed by atoms with E-state index in [-0.39, 0.29) is 23.4 Å². The minimum atomic E-state index is -4.72. The maximum Gasteiger partial charge on any atom is 0.417 e. The fraction of sp³-hybridized carbons (Fsp3) is 0.175. The van der Waals surface area contributed by atoms with E-state index in [1.54, 1.807) is 79.0 Å². The molecule has 0 aliphatic carbocycles. The Hall–Kier alpha value is -7.25. The number of nitrogens with two attached hydrogens (primary N) is 1. The van der Waals surface area contributed by atoms with Crippen LogP contribution in [0.25, 0.3) is 23.2 Å². The highest BCUT2D eigenvalue weighted by Crippen LogP contribution is 2.41. The second kappa shape index (κ2) is 18.6. The van der Waals surface area contributed by atoms with Gasteiger partial charge in [0.15, 0.2) is 0 Å². The summed E-state index contributed by atoms with van der Waals surface area (Å²) in [5, 5.41) is 19.4. The molecular weight excluding hydrogens is 809 g/mol. The van der Waals surface area contributed by atoms with Crippen LogP contribution >= 0.6 is 11.6 Å². The van der Waals surface area contributed by atoms with E-state index in [1.165, 1.54) is 19.0 Å². The number of nitrogens with one attached hydrogen (secondary N) is 2. The first kappa shape index (κ1) is 40.9. The summed E-state index contributed by atoms with van der Waals surface area (Å²) in [6.07, 6.45) is 2.03. The van der Waals surface area contributed by atoms with E-state index in [4.69, 9.17) is 40.4 Å². The highest BCUT2D eigenvalue weighted by molar-refractivity contribution is 6.31. The largest absolute Gasteiger partial charge is 0.488 e. The highest BCUT2D eigenvalue weighted by atomic mass is 35.5. The number of rotatable bonds is 10. The Kier molecular flexibility index (Phi) is 12.7. The number of amides is 2. The standard InChI is InChI=1S/C27H24ClF3N6O4.C13H10N4O2/c1-37-10-7-18(8-11-37)41-24-14-21(28)20(27(29,30)31)13-22(24)35-26(38)34-16-2-4-17(5-3-16)40-19-6-9-32-23(12-19)25-36-33-15-39-25;14-9-1-3-10(4-2-9)19-11-5-6-15-12(7-11)13-17-16-8-18-13/h2-6,9,12-15,18H,7-8,10-11H2,1H3,(H2,34,35,38);1-8H,14H2. The molecule has 0 saturated carbocycles. The van der Waals surface area contributed by atoms with Crippen molar-refractivity contribution in [3.05, 3.63) is 121 Å². The lowest BCUT2D eigenvalue weighted by Gasteiger charge is -2.30. The Morgan fingerprint density at radius 1 is 0.783 bits per heavy atom. The van der Waals surface area contributed by atoms with Gasteiger partial charge in [-0.15, -0.1) is 20.4 Å². The topological polar surface area (TPSA) is 202 Å². The summed E-state index contributed by atoms with van der Waals surface area (Å²) in [7, 11) is 1.98. The van der Waals surface area contributed by atoms with Crippen molar-refractivity contribution in [3.8, 4) is 51.9 Å². The van der Waals surface area contributed by atoms with Gasteiger partial charge in [0.1, 0.15) is 46.2 Å². The van der Waals surface area contributed by atoms with Crippen LogP contribution in [-0.4, -0.2) is 67.5 Å². The summed E-state index contributed by atoms with van der Waals surface area (Å²) in [6.45, 7) is 1.56. The van der Waals surface area contributed by atoms with Gasteiger partial charge in [0.05, 0.1) is 16.3 Å². The van der Waals surface area contributed by atoms with Crippen molar-refractivity contribution < 1.29 is 41.0 Å². The molecule has 1 saturated heterocycles. The molecule has 60 heavy (non-hydrogen) atoms. The number of pyridine rings is 2. The number of ether oxygens (including phenoxy) is 3. The van der Waals surface area contributed by atoms with Crippen LogP contribution in [-0.2, 0) is 6.18 Å². The van der Waals surface area contributed by atoms with Crippen molar-refractivity contribution in [1.29, 1.82) is 0 Å². The molecule has 308 valence electrons. The van der Waals surface area contributed by atoms with Crippen LogP contribution in [0.2, 0.25) is 5.02 Å². The first-order valence-electron chi connectivity index (χ1n) is 18.1. The molecule has 1 aliphatic rings. The molecule has 1 aliphatic heterocycles. The number of benzene rings is 3. The van der Waals surface area contributed by atoms with E-state index in [1.807, 2.05) is 7.05 Å². The Bertz CT molecular complexity index is 2490. The number of halogens is 4. The number of nitrogen functional groups attached to an aromatic ring is 1. The maximum atomic E-state index is 13.5. The van der Waals surface area contributed by atoms with Gasteiger partial charge < -0.3 is 44.3 Å². The number of alkyl halides is 3. The molecule has 8 rings (SSSR count). The fourth-order valence-electron chi connectivity index (χ4n) is 5.70. The predicted molar refractivity (Wildman–Crippen MR) is 213 cm³/mol. The highest BCUT2D eigenvalue weighted by Gasteiger charge is 2.35. The van der Waals surface area contributed by atoms with Gasteiger partial charge in [0.25, 0.3) is 11.8 Å². The van der Waals surface area contributed by atoms with Crippen LogP contribution in [0.5, 0.6) is 28.7 Å². The van der Waals surface area contributed by atoms with Gasteiger partial charge in [-0.05, 0) is 86.6 Å². The van der Waals surface area contributed by atoms with Gasteiger partial charge in [-0.3, -0.25) is 9.97 Å². The number of piperidine rings is 1. The van der Waals surface area contributed by atoms with Gasteiger partial charge in [-0.25, -0.2) is 4.79 Å². The molecule has 4 aromatic heterocycles. The first-order chi connectivity index (χ1) is 28.9. The summed E-state index contributed by atoms with van der Waals surface area (Å²) in [6, 6.07) is 21.4. The summed E-state index contributed by atoms with van der Waals surface area (Å²) in [5.74, 6) is 2.90. The smallest absolute Gasteiger partial charge is 0.417 e. The van der Waals surface area contributed by atoms with E-state index in [2.05, 4.69) is 45.9 Å². The molecule has 1 fully saturated rings. The van der Waals surface area contributed by atoms with Gasteiger partial charge in [0, 0.05) is 55.1 Å². The van der Waals surface area contributed by atoms with Gasteiger partial charge in [-0.2, -0.15) is 13.2 Å². The van der Waals surface area contributed by atoms with Gasteiger partial charge in [0.2, 0.25) is 12.8 Å². The maximum absolute atomic E-state index is 13.5. The molecule has 0 unspecified atom stereocenters. The average Bonchev–Trinajstić information content (AvgIpc) is 3.98. The summed E-state index contributed by atoms with van der Waals surface area (Å²) in [5.41, 5.74) is 6.45. The summed E-state index contributed by atoms with van der Waals surface area (Å²) < 4.78 is 68.4. The molecule has 0 atom stereocenters. The van der Waals surface area contributed by atoms with Crippen LogP contribution < -0.4 is 30.6 Å². The van der Waals surface area contributed by atoms with Crippen molar-refractivity contribution >= 4 is 34.7 Å². The number of aromatic nitrogens is 6. The summed E-state index contributed by atoms with van der Waals surface area (Å²) >= 11 is 5.94. The molecule has 20 heteroatoms. The fourth-order valence-corrected chi connectivity index (χ4v) is 5.96. The number of nitrogens with zero attached hydrogens (tertiary/aromatic N) is 7. The molecular formula is C40H34ClF3N10O6. The second-order valence-corrected chi connectivity index (χ2v) is 13.5. The number of carbonyl (C=O) groups excluding carboxylic acids is 1. The third kappa shape index (κ3) is 11.0. The lowest BCUT2D eigenvalue weighted by Crippen LogP contribution is -2.35. The van der Waals surface area contributed by atoms with E-state index in [0.717, 1.165) is 25.2 Å². The van der Waals surface area contributed by atoms with Crippen molar-refractivity contribution in [2.45, 2.75) is 25.1 Å². The van der Waals surface area contributed by atoms with Gasteiger partial charge >= 0.3 is 12.2 Å². The Morgan fingerprint density at radius 2 is 1.33 bits per heavy atom. The molecule has 7 aromatic rings. The zero-order chi connectivity index (χ0) is 42.1. The number of hydrogen-bond donors (Lipinski definition) is 3. The van der Waals surface area contributed by atoms with Crippen molar-refractivity contribution in [2.24, 2.45) is 0 Å². The van der Waals surface area contributed by atoms with E-state index in [0.29, 0.717) is 64.5 Å². The van der Waals surface area contributed by atoms with Crippen LogP contribution in [0, 0.1) is 0 Å². The van der Waals surface area contributed by atoms with E-state index >= 15 is 0 Å². The van der Waals surface area contributed by atoms with Crippen molar-refractivity contribution in [3.63, 3.8) is 0 Å². The number of anilines is 3. The Labute approximate surface area is 344 Å². The van der Waals surface area contributed by atoms with E-state index in [9.17, 15) is 18.0 Å². The van der Waals surface area contributed by atoms with Gasteiger partial charge in [-0.1, -0.05) is 11.6 Å². The molecule has 0 bridgehead atoms. The minimum absolute atomic E-state index is 0.0636. The van der Waals surface area contributed by atoms with Crippen molar-refractivity contribution in [1.82, 2.24) is 35.3 Å². The van der Waals surface area contributed by atoms with Crippen LogP contribution in [0.3, 0.4) is 0 Å². The third-order valence-corrected chi connectivity index (χ3v) is 8.98. The van der Waals surface area contributed by atoms with E-state index < -0.39 is 22.8 Å². The molecule has 0 spiro atoms. The monoisotopic (exact) mass is 842 g/mol. The molecule has 5 heterocycles. The number of hydrogen-bond acceptors (Lipinski definition) is 14. The lowest BCUT2D eigenvalue weighted by molar-refractivity contribution is -0.137. The molecule has 16 nitrogen and oxygen atoms in total. The predicted octanol–water partition coefficient (Wildman–Crippen LogP) is 9.22. The summed E-state index contributed by atoms with van der Waals surface area (Å²) in [4.78, 5) is 23.2. The quantitative estimate of drug-likeness (QED) is 0.110. The lowest BCUT2D eigenvalue weighted by atomic mass is 10.1. The third-order valence-electron chi connectivity index (χ3n) is 8.67. The molecule has 4 N–H and O–H groups in total. The first-order valence-corrected chi connectivity index (χ1v) is 18.4.